The standard InChI is InChI=1S/C23H24N2O7S/c26-18-4-2-1-3-15(18)16-9-10-17(23(31)32)25(16)20(27)12-24-21(28)19(33)11-13-5-7-14(8-6-13)22(29)30/h1-8,16-17,19,26,33H,9-12H2,(H,24,28)(H,29,30)(H,31,32)/t16-,17+,19?/m1/s1. The van der Waals surface area contributed by atoms with Crippen LogP contribution in [0.1, 0.15) is 40.4 Å². The number of amides is 2. The minimum Gasteiger partial charge on any atom is -0.508 e. The van der Waals surface area contributed by atoms with Crippen LogP contribution in [0, 0.1) is 0 Å². The number of para-hydroxylation sites is 1. The molecule has 0 aliphatic carbocycles. The van der Waals surface area contributed by atoms with E-state index in [-0.39, 0.29) is 24.2 Å². The molecule has 0 spiro atoms. The topological polar surface area (TPSA) is 144 Å². The molecule has 2 aromatic carbocycles. The third-order valence-corrected chi connectivity index (χ3v) is 6.02. The second-order valence-electron chi connectivity index (χ2n) is 7.75. The summed E-state index contributed by atoms with van der Waals surface area (Å²) in [5.41, 5.74) is 1.28. The van der Waals surface area contributed by atoms with Gasteiger partial charge in [-0.15, -0.1) is 0 Å². The van der Waals surface area contributed by atoms with E-state index < -0.39 is 47.6 Å². The van der Waals surface area contributed by atoms with Gasteiger partial charge in [0.2, 0.25) is 11.8 Å². The number of aromatic hydroxyl groups is 1. The van der Waals surface area contributed by atoms with E-state index in [1.165, 1.54) is 23.1 Å². The van der Waals surface area contributed by atoms with Gasteiger partial charge in [-0.1, -0.05) is 30.3 Å². The highest BCUT2D eigenvalue weighted by Gasteiger charge is 2.42. The number of benzene rings is 2. The molecule has 1 aliphatic heterocycles. The summed E-state index contributed by atoms with van der Waals surface area (Å²) in [6, 6.07) is 10.8. The van der Waals surface area contributed by atoms with Crippen LogP contribution in [0.2, 0.25) is 0 Å². The van der Waals surface area contributed by atoms with E-state index >= 15 is 0 Å². The summed E-state index contributed by atoms with van der Waals surface area (Å²) in [5.74, 6) is -3.32. The van der Waals surface area contributed by atoms with Gasteiger partial charge in [0.1, 0.15) is 11.8 Å². The van der Waals surface area contributed by atoms with Gasteiger partial charge >= 0.3 is 11.9 Å². The van der Waals surface area contributed by atoms with Crippen molar-refractivity contribution in [1.82, 2.24) is 10.2 Å². The highest BCUT2D eigenvalue weighted by molar-refractivity contribution is 7.81. The Hall–Kier alpha value is -3.53. The van der Waals surface area contributed by atoms with Crippen LogP contribution in [0.3, 0.4) is 0 Å². The zero-order valence-corrected chi connectivity index (χ0v) is 18.4. The molecule has 33 heavy (non-hydrogen) atoms. The second kappa shape index (κ2) is 10.4. The van der Waals surface area contributed by atoms with Crippen molar-refractivity contribution in [3.8, 4) is 5.75 Å². The number of hydrogen-bond donors (Lipinski definition) is 5. The molecule has 4 N–H and O–H groups in total. The summed E-state index contributed by atoms with van der Waals surface area (Å²) in [7, 11) is 0. The number of carbonyl (C=O) groups excluding carboxylic acids is 2. The number of carboxylic acid groups (broad SMARTS) is 2. The number of nitrogens with zero attached hydrogens (tertiary/aromatic N) is 1. The largest absolute Gasteiger partial charge is 0.508 e. The summed E-state index contributed by atoms with van der Waals surface area (Å²) in [6.45, 7) is -0.415. The van der Waals surface area contributed by atoms with Crippen molar-refractivity contribution in [2.45, 2.75) is 36.6 Å². The zero-order chi connectivity index (χ0) is 24.1. The molecule has 9 nitrogen and oxygen atoms in total. The zero-order valence-electron chi connectivity index (χ0n) is 17.5. The van der Waals surface area contributed by atoms with Gasteiger partial charge in [-0.2, -0.15) is 12.6 Å². The number of phenolic OH excluding ortho intramolecular Hbond substituents is 1. The Morgan fingerprint density at radius 2 is 1.70 bits per heavy atom. The fourth-order valence-electron chi connectivity index (χ4n) is 3.95. The van der Waals surface area contributed by atoms with Gasteiger partial charge in [-0.3, -0.25) is 9.59 Å². The lowest BCUT2D eigenvalue weighted by Gasteiger charge is -2.29. The molecule has 1 heterocycles. The summed E-state index contributed by atoms with van der Waals surface area (Å²) < 4.78 is 0. The molecule has 0 saturated carbocycles. The third kappa shape index (κ3) is 5.64. The van der Waals surface area contributed by atoms with Crippen LogP contribution < -0.4 is 5.32 Å². The maximum atomic E-state index is 12.9. The van der Waals surface area contributed by atoms with Gasteiger partial charge in [0, 0.05) is 5.56 Å². The Bertz CT molecular complexity index is 1060. The molecule has 1 unspecified atom stereocenters. The Labute approximate surface area is 195 Å². The fourth-order valence-corrected chi connectivity index (χ4v) is 4.25. The molecular weight excluding hydrogens is 448 g/mol. The van der Waals surface area contributed by atoms with Crippen molar-refractivity contribution in [3.05, 3.63) is 65.2 Å². The lowest BCUT2D eigenvalue weighted by molar-refractivity contribution is -0.149. The molecule has 174 valence electrons. The maximum Gasteiger partial charge on any atom is 0.335 e. The number of aromatic carboxylic acids is 1. The molecule has 1 fully saturated rings. The van der Waals surface area contributed by atoms with Crippen LogP contribution >= 0.6 is 12.6 Å². The van der Waals surface area contributed by atoms with Gasteiger partial charge in [-0.05, 0) is 43.0 Å². The van der Waals surface area contributed by atoms with Crippen LogP contribution in [-0.2, 0) is 20.8 Å². The average Bonchev–Trinajstić information content (AvgIpc) is 3.23. The molecule has 1 aliphatic rings. The van der Waals surface area contributed by atoms with Crippen molar-refractivity contribution in [3.63, 3.8) is 0 Å². The first-order valence-electron chi connectivity index (χ1n) is 10.3. The number of likely N-dealkylation sites (tertiary alicyclic amines) is 1. The van der Waals surface area contributed by atoms with Crippen molar-refractivity contribution in [2.24, 2.45) is 0 Å². The number of rotatable bonds is 8. The summed E-state index contributed by atoms with van der Waals surface area (Å²) in [4.78, 5) is 49.2. The number of phenols is 1. The SMILES string of the molecule is O=C(O)c1ccc(CC(S)C(=O)NCC(=O)N2[C@@H](c3ccccc3O)CC[C@H]2C(=O)O)cc1. The first-order valence-corrected chi connectivity index (χ1v) is 10.8. The third-order valence-electron chi connectivity index (χ3n) is 5.60. The molecule has 1 saturated heterocycles. The minimum atomic E-state index is -1.15. The number of aliphatic carboxylic acids is 1. The van der Waals surface area contributed by atoms with E-state index in [1.807, 2.05) is 0 Å². The van der Waals surface area contributed by atoms with E-state index in [1.54, 1.807) is 30.3 Å². The molecule has 3 atom stereocenters. The summed E-state index contributed by atoms with van der Waals surface area (Å²) in [6.07, 6.45) is 0.816. The number of thiol groups is 1. The van der Waals surface area contributed by atoms with Crippen molar-refractivity contribution in [2.75, 3.05) is 6.54 Å². The average molecular weight is 473 g/mol. The molecule has 2 aromatic rings. The maximum absolute atomic E-state index is 12.9. The summed E-state index contributed by atoms with van der Waals surface area (Å²) >= 11 is 4.27. The monoisotopic (exact) mass is 472 g/mol. The van der Waals surface area contributed by atoms with Crippen molar-refractivity contribution >= 4 is 36.4 Å². The van der Waals surface area contributed by atoms with Gasteiger partial charge < -0.3 is 25.5 Å². The Morgan fingerprint density at radius 1 is 1.03 bits per heavy atom. The van der Waals surface area contributed by atoms with E-state index in [0.29, 0.717) is 17.5 Å². The van der Waals surface area contributed by atoms with E-state index in [2.05, 4.69) is 17.9 Å². The Kier molecular flexibility index (Phi) is 7.59. The lowest BCUT2D eigenvalue weighted by atomic mass is 10.0. The smallest absolute Gasteiger partial charge is 0.335 e. The van der Waals surface area contributed by atoms with E-state index in [0.717, 1.165) is 0 Å². The molecule has 0 radical (unpaired) electrons. The number of hydrogen-bond acceptors (Lipinski definition) is 6. The van der Waals surface area contributed by atoms with Gasteiger partial charge in [0.15, 0.2) is 0 Å². The molecule has 2 amide bonds. The predicted octanol–water partition coefficient (Wildman–Crippen LogP) is 1.86. The van der Waals surface area contributed by atoms with Crippen LogP contribution in [-0.4, -0.2) is 61.8 Å². The summed E-state index contributed by atoms with van der Waals surface area (Å²) in [5, 5.41) is 30.4. The van der Waals surface area contributed by atoms with Crippen molar-refractivity contribution in [1.29, 1.82) is 0 Å². The van der Waals surface area contributed by atoms with Gasteiger partial charge in [-0.25, -0.2) is 9.59 Å². The Balaban J connectivity index is 1.64. The first-order chi connectivity index (χ1) is 15.7. The molecule has 0 bridgehead atoms. The van der Waals surface area contributed by atoms with E-state index in [9.17, 15) is 29.4 Å². The lowest BCUT2D eigenvalue weighted by Crippen LogP contribution is -2.47. The van der Waals surface area contributed by atoms with Gasteiger partial charge in [0.25, 0.3) is 0 Å². The van der Waals surface area contributed by atoms with Gasteiger partial charge in [0.05, 0.1) is 23.4 Å². The predicted molar refractivity (Wildman–Crippen MR) is 121 cm³/mol. The Morgan fingerprint density at radius 3 is 2.30 bits per heavy atom. The minimum absolute atomic E-state index is 0.0280. The number of carbonyl (C=O) groups is 4. The van der Waals surface area contributed by atoms with Crippen LogP contribution in [0.25, 0.3) is 0 Å². The first kappa shape index (κ1) is 24.1. The quantitative estimate of drug-likeness (QED) is 0.369. The normalized spacial score (nSPS) is 18.5. The number of carboxylic acids is 2. The second-order valence-corrected chi connectivity index (χ2v) is 8.37. The molecule has 10 heteroatoms. The number of nitrogens with one attached hydrogen (secondary N) is 1. The highest BCUT2D eigenvalue weighted by atomic mass is 32.1. The highest BCUT2D eigenvalue weighted by Crippen LogP contribution is 2.39. The molecule has 3 rings (SSSR count). The molecular formula is C23H24N2O7S. The van der Waals surface area contributed by atoms with E-state index in [4.69, 9.17) is 5.11 Å². The van der Waals surface area contributed by atoms with Crippen LogP contribution in [0.5, 0.6) is 5.75 Å². The van der Waals surface area contributed by atoms with Crippen LogP contribution in [0.15, 0.2) is 48.5 Å². The van der Waals surface area contributed by atoms with Crippen LogP contribution in [0.4, 0.5) is 0 Å². The fraction of sp³-hybridized carbons (Fsp3) is 0.304. The molecule has 0 aromatic heterocycles. The van der Waals surface area contributed by atoms with Crippen molar-refractivity contribution < 1.29 is 34.5 Å².